The Morgan fingerprint density at radius 1 is 1.20 bits per heavy atom. The molecule has 1 amide bonds. The van der Waals surface area contributed by atoms with Crippen LogP contribution in [0.1, 0.15) is 39.2 Å². The van der Waals surface area contributed by atoms with Crippen LogP contribution in [0.2, 0.25) is 0 Å². The molecule has 0 spiro atoms. The van der Waals surface area contributed by atoms with Crippen molar-refractivity contribution in [2.24, 2.45) is 4.36 Å². The van der Waals surface area contributed by atoms with E-state index in [1.807, 2.05) is 24.1 Å². The molecule has 1 aromatic heterocycles. The van der Waals surface area contributed by atoms with E-state index in [1.165, 1.54) is 24.5 Å². The normalized spacial score (nSPS) is 15.3. The number of carbonyl (C=O) groups excluding carboxylic acids is 1. The molecular weight excluding hydrogens is 540 g/mol. The zero-order chi connectivity index (χ0) is 29.1. The number of amides is 1. The number of benzene rings is 2. The van der Waals surface area contributed by atoms with Gasteiger partial charge in [0.05, 0.1) is 28.3 Å². The van der Waals surface area contributed by atoms with Gasteiger partial charge in [-0.1, -0.05) is 0 Å². The lowest BCUT2D eigenvalue weighted by atomic mass is 10.1. The van der Waals surface area contributed by atoms with E-state index in [0.717, 1.165) is 18.3 Å². The number of ether oxygens (including phenoxy) is 2. The molecule has 2 heterocycles. The maximum Gasteiger partial charge on any atom is 0.442 e. The van der Waals surface area contributed by atoms with Crippen LogP contribution in [0, 0.1) is 11.6 Å². The second-order valence-electron chi connectivity index (χ2n) is 10.7. The van der Waals surface area contributed by atoms with Crippen LogP contribution in [0.5, 0.6) is 5.75 Å². The number of fused-ring (bicyclic) bond motifs is 6. The molecule has 0 saturated heterocycles. The summed E-state index contributed by atoms with van der Waals surface area (Å²) in [5.41, 5.74) is 1.54. The minimum atomic E-state index is -2.98. The Morgan fingerprint density at radius 3 is 2.73 bits per heavy atom. The van der Waals surface area contributed by atoms with Crippen LogP contribution in [0.15, 0.2) is 47.0 Å². The topological polar surface area (TPSA) is 106 Å². The van der Waals surface area contributed by atoms with Crippen molar-refractivity contribution in [1.29, 1.82) is 0 Å². The van der Waals surface area contributed by atoms with Gasteiger partial charge in [0.15, 0.2) is 5.82 Å². The Morgan fingerprint density at radius 2 is 1.98 bits per heavy atom. The quantitative estimate of drug-likeness (QED) is 0.380. The van der Waals surface area contributed by atoms with Crippen LogP contribution in [-0.4, -0.2) is 52.3 Å². The Kier molecular flexibility index (Phi) is 8.57. The number of rotatable bonds is 2. The maximum atomic E-state index is 14.9. The third-order valence-corrected chi connectivity index (χ3v) is 7.26. The van der Waals surface area contributed by atoms with E-state index in [-0.39, 0.29) is 23.1 Å². The average molecular weight is 574 g/mol. The zero-order valence-corrected chi connectivity index (χ0v) is 24.0. The molecule has 40 heavy (non-hydrogen) atoms. The van der Waals surface area contributed by atoms with Crippen molar-refractivity contribution in [3.63, 3.8) is 0 Å². The van der Waals surface area contributed by atoms with E-state index in [0.29, 0.717) is 36.4 Å². The third kappa shape index (κ3) is 7.87. The molecule has 214 valence electrons. The van der Waals surface area contributed by atoms with Gasteiger partial charge in [-0.2, -0.15) is 0 Å². The Hall–Kier alpha value is -3.80. The SMILES string of the molecule is CN1CCCCOc2cc(F)ccc2-c2nc(ncc2F)Nc2cc(CS(C)(=O)=NC(=O)OC(C)(C)C)cc1c2. The average Bonchev–Trinajstić information content (AvgIpc) is 2.82. The van der Waals surface area contributed by atoms with Gasteiger partial charge in [-0.3, -0.25) is 0 Å². The summed E-state index contributed by atoms with van der Waals surface area (Å²) in [6.45, 7) is 6.11. The fourth-order valence-electron chi connectivity index (χ4n) is 4.15. The molecule has 1 N–H and O–H groups in total. The molecule has 9 nitrogen and oxygen atoms in total. The van der Waals surface area contributed by atoms with Crippen molar-refractivity contribution >= 4 is 33.1 Å². The summed E-state index contributed by atoms with van der Waals surface area (Å²) in [6.07, 6.45) is 2.98. The van der Waals surface area contributed by atoms with Crippen molar-refractivity contribution in [2.45, 2.75) is 45.0 Å². The molecule has 0 saturated carbocycles. The molecule has 0 aliphatic carbocycles. The van der Waals surface area contributed by atoms with Gasteiger partial charge in [0, 0.05) is 42.9 Å². The number of anilines is 3. The van der Waals surface area contributed by atoms with Gasteiger partial charge in [-0.25, -0.2) is 27.8 Å². The summed E-state index contributed by atoms with van der Waals surface area (Å²) >= 11 is 0. The van der Waals surface area contributed by atoms with Gasteiger partial charge in [-0.05, 0) is 69.5 Å². The van der Waals surface area contributed by atoms with Crippen LogP contribution >= 0.6 is 0 Å². The lowest BCUT2D eigenvalue weighted by Crippen LogP contribution is -2.22. The van der Waals surface area contributed by atoms with E-state index in [2.05, 4.69) is 19.6 Å². The van der Waals surface area contributed by atoms with Crippen molar-refractivity contribution in [1.82, 2.24) is 9.97 Å². The summed E-state index contributed by atoms with van der Waals surface area (Å²) in [7, 11) is -1.05. The molecule has 12 heteroatoms. The first-order valence-electron chi connectivity index (χ1n) is 12.8. The summed E-state index contributed by atoms with van der Waals surface area (Å²) < 4.78 is 57.0. The van der Waals surface area contributed by atoms with Crippen LogP contribution < -0.4 is 15.0 Å². The first-order chi connectivity index (χ1) is 18.8. The zero-order valence-electron chi connectivity index (χ0n) is 23.2. The molecule has 4 bridgehead atoms. The minimum Gasteiger partial charge on any atom is -0.493 e. The van der Waals surface area contributed by atoms with E-state index < -0.39 is 33.1 Å². The van der Waals surface area contributed by atoms with Crippen molar-refractivity contribution in [3.8, 4) is 17.0 Å². The fourth-order valence-corrected chi connectivity index (χ4v) is 5.35. The second-order valence-corrected chi connectivity index (χ2v) is 13.1. The highest BCUT2D eigenvalue weighted by atomic mass is 32.2. The predicted octanol–water partition coefficient (Wildman–Crippen LogP) is 6.31. The standard InChI is InChI=1S/C28H33F2N5O4S/c1-28(2,3)39-27(36)34-40(5,37)17-18-12-20-15-21(13-18)35(4)10-6-7-11-38-24-14-19(29)8-9-22(24)25-23(30)16-31-26(32-20)33-25/h8-9,12-16H,6-7,10-11,17H2,1-5H3,(H,31,32,33). The lowest BCUT2D eigenvalue weighted by Gasteiger charge is -2.22. The molecule has 0 radical (unpaired) electrons. The first-order valence-corrected chi connectivity index (χ1v) is 14.9. The smallest absolute Gasteiger partial charge is 0.442 e. The van der Waals surface area contributed by atoms with Gasteiger partial charge < -0.3 is 19.7 Å². The van der Waals surface area contributed by atoms with Crippen LogP contribution in [0.25, 0.3) is 11.3 Å². The lowest BCUT2D eigenvalue weighted by molar-refractivity contribution is 0.0607. The van der Waals surface area contributed by atoms with Crippen LogP contribution in [0.3, 0.4) is 0 Å². The number of aromatic nitrogens is 2. The number of hydrogen-bond acceptors (Lipinski definition) is 8. The maximum absolute atomic E-state index is 14.9. The van der Waals surface area contributed by atoms with Crippen molar-refractivity contribution < 1.29 is 27.3 Å². The van der Waals surface area contributed by atoms with E-state index >= 15 is 0 Å². The highest BCUT2D eigenvalue weighted by Crippen LogP contribution is 2.33. The molecule has 1 atom stereocenters. The monoisotopic (exact) mass is 573 g/mol. The second kappa shape index (κ2) is 11.7. The fraction of sp³-hybridized carbons (Fsp3) is 0.393. The van der Waals surface area contributed by atoms with Gasteiger partial charge in [0.25, 0.3) is 0 Å². The number of carbonyl (C=O) groups is 1. The Labute approximate surface area is 233 Å². The number of hydrogen-bond donors (Lipinski definition) is 1. The summed E-state index contributed by atoms with van der Waals surface area (Å²) in [5, 5.41) is 3.10. The number of nitrogens with one attached hydrogen (secondary N) is 1. The number of halogens is 2. The van der Waals surface area contributed by atoms with E-state index in [1.54, 1.807) is 26.8 Å². The highest BCUT2D eigenvalue weighted by Gasteiger charge is 2.19. The Balaban J connectivity index is 1.74. The molecule has 1 aliphatic rings. The molecule has 0 fully saturated rings. The van der Waals surface area contributed by atoms with Crippen molar-refractivity contribution in [3.05, 3.63) is 59.8 Å². The molecule has 1 unspecified atom stereocenters. The van der Waals surface area contributed by atoms with Gasteiger partial charge >= 0.3 is 6.09 Å². The summed E-state index contributed by atoms with van der Waals surface area (Å²) in [6, 6.07) is 9.37. The van der Waals surface area contributed by atoms with Gasteiger partial charge in [0.1, 0.15) is 22.9 Å². The molecule has 2 aromatic carbocycles. The first kappa shape index (κ1) is 29.2. The Bertz CT molecular complexity index is 1530. The molecule has 1 aliphatic heterocycles. The predicted molar refractivity (Wildman–Crippen MR) is 152 cm³/mol. The van der Waals surface area contributed by atoms with Crippen LogP contribution in [-0.2, 0) is 20.2 Å². The third-order valence-electron chi connectivity index (χ3n) is 5.86. The van der Waals surface area contributed by atoms with Crippen molar-refractivity contribution in [2.75, 3.05) is 36.7 Å². The summed E-state index contributed by atoms with van der Waals surface area (Å²) in [4.78, 5) is 22.7. The minimum absolute atomic E-state index is 0.00902. The van der Waals surface area contributed by atoms with E-state index in [9.17, 15) is 17.8 Å². The number of nitrogens with zero attached hydrogens (tertiary/aromatic N) is 4. The molecule has 3 aromatic rings. The highest BCUT2D eigenvalue weighted by molar-refractivity contribution is 7.92. The van der Waals surface area contributed by atoms with Crippen LogP contribution in [0.4, 0.5) is 30.9 Å². The summed E-state index contributed by atoms with van der Waals surface area (Å²) in [5.74, 6) is -0.900. The molecule has 4 rings (SSSR count). The van der Waals surface area contributed by atoms with Gasteiger partial charge in [0.2, 0.25) is 5.95 Å². The molecular formula is C28H33F2N5O4S. The largest absolute Gasteiger partial charge is 0.493 e. The van der Waals surface area contributed by atoms with E-state index in [4.69, 9.17) is 9.47 Å². The van der Waals surface area contributed by atoms with Gasteiger partial charge in [-0.15, -0.1) is 4.36 Å².